The normalized spacial score (nSPS) is 11.9. The minimum atomic E-state index is 0.557. The summed E-state index contributed by atoms with van der Waals surface area (Å²) in [5.41, 5.74) is 11.1. The lowest BCUT2D eigenvalue weighted by Crippen LogP contribution is -2.06. The van der Waals surface area contributed by atoms with Gasteiger partial charge in [0.15, 0.2) is 11.6 Å². The third-order valence-electron chi connectivity index (χ3n) is 11.2. The Kier molecular flexibility index (Phi) is 6.83. The highest BCUT2D eigenvalue weighted by Gasteiger charge is 2.21. The van der Waals surface area contributed by atoms with Crippen LogP contribution in [-0.4, -0.2) is 24.1 Å². The van der Waals surface area contributed by atoms with E-state index < -0.39 is 0 Å². The molecule has 57 heavy (non-hydrogen) atoms. The number of fused-ring (bicyclic) bond motifs is 9. The molecule has 0 N–H and O–H groups in total. The molecule has 0 saturated heterocycles. The van der Waals surface area contributed by atoms with Gasteiger partial charge in [-0.15, -0.1) is 0 Å². The standard InChI is InChI=1S/C51H31N5O/c1-3-14-32(15-4-1)34-26-28-39-38-20-7-10-22-42(38)55(45(39)30-34)35-27-29-46-41(31-35)48-40(21-13-25-47(48)57-46)50-52-49(33-16-5-2-6-17-33)53-51(54-50)56-43-23-11-8-18-36(43)37-19-9-12-24-44(37)56/h1-31H. The Bertz CT molecular complexity index is 3470. The lowest BCUT2D eigenvalue weighted by molar-refractivity contribution is 0.669. The average Bonchev–Trinajstić information content (AvgIpc) is 3.94. The van der Waals surface area contributed by atoms with Gasteiger partial charge in [0.05, 0.1) is 22.1 Å². The lowest BCUT2D eigenvalue weighted by Gasteiger charge is -2.12. The van der Waals surface area contributed by atoms with Gasteiger partial charge in [-0.3, -0.25) is 4.57 Å². The van der Waals surface area contributed by atoms with E-state index in [2.05, 4.69) is 155 Å². The van der Waals surface area contributed by atoms with Crippen LogP contribution in [0.5, 0.6) is 0 Å². The third kappa shape index (κ3) is 4.87. The van der Waals surface area contributed by atoms with Crippen molar-refractivity contribution in [2.24, 2.45) is 0 Å². The topological polar surface area (TPSA) is 61.7 Å². The molecule has 0 bridgehead atoms. The monoisotopic (exact) mass is 729 g/mol. The van der Waals surface area contributed by atoms with Crippen LogP contribution in [0, 0.1) is 0 Å². The van der Waals surface area contributed by atoms with E-state index in [-0.39, 0.29) is 0 Å². The first-order chi connectivity index (χ1) is 28.3. The van der Waals surface area contributed by atoms with Gasteiger partial charge in [-0.25, -0.2) is 4.98 Å². The van der Waals surface area contributed by atoms with E-state index in [1.165, 1.54) is 21.9 Å². The molecule has 6 heteroatoms. The van der Waals surface area contributed by atoms with E-state index in [4.69, 9.17) is 19.4 Å². The molecule has 0 aliphatic carbocycles. The summed E-state index contributed by atoms with van der Waals surface area (Å²) in [6.07, 6.45) is 0. The summed E-state index contributed by atoms with van der Waals surface area (Å²) in [7, 11) is 0. The molecule has 4 aromatic heterocycles. The first kappa shape index (κ1) is 31.5. The van der Waals surface area contributed by atoms with Gasteiger partial charge >= 0.3 is 0 Å². The van der Waals surface area contributed by atoms with Crippen LogP contribution in [0.15, 0.2) is 192 Å². The van der Waals surface area contributed by atoms with E-state index in [0.29, 0.717) is 17.6 Å². The zero-order chi connectivity index (χ0) is 37.5. The first-order valence-electron chi connectivity index (χ1n) is 19.1. The van der Waals surface area contributed by atoms with Gasteiger partial charge < -0.3 is 8.98 Å². The van der Waals surface area contributed by atoms with Crippen LogP contribution < -0.4 is 0 Å². The predicted octanol–water partition coefficient (Wildman–Crippen LogP) is 13.0. The number of hydrogen-bond acceptors (Lipinski definition) is 4. The Labute approximate surface area is 326 Å². The molecule has 0 atom stereocenters. The molecule has 0 aliphatic heterocycles. The van der Waals surface area contributed by atoms with Gasteiger partial charge in [0, 0.05) is 49.1 Å². The van der Waals surface area contributed by atoms with Gasteiger partial charge in [-0.2, -0.15) is 9.97 Å². The molecule has 12 rings (SSSR count). The first-order valence-corrected chi connectivity index (χ1v) is 19.1. The Morgan fingerprint density at radius 2 is 0.947 bits per heavy atom. The van der Waals surface area contributed by atoms with Gasteiger partial charge in [0.25, 0.3) is 0 Å². The fourth-order valence-electron chi connectivity index (χ4n) is 8.64. The van der Waals surface area contributed by atoms with Crippen molar-refractivity contribution in [3.8, 4) is 45.5 Å². The zero-order valence-electron chi connectivity index (χ0n) is 30.5. The van der Waals surface area contributed by atoms with E-state index in [9.17, 15) is 0 Å². The van der Waals surface area contributed by atoms with E-state index in [1.807, 2.05) is 42.5 Å². The number of para-hydroxylation sites is 3. The Morgan fingerprint density at radius 3 is 1.65 bits per heavy atom. The van der Waals surface area contributed by atoms with E-state index in [0.717, 1.165) is 71.6 Å². The van der Waals surface area contributed by atoms with Gasteiger partial charge in [0.2, 0.25) is 5.95 Å². The van der Waals surface area contributed by atoms with Crippen molar-refractivity contribution < 1.29 is 4.42 Å². The van der Waals surface area contributed by atoms with Crippen LogP contribution in [0.3, 0.4) is 0 Å². The Morgan fingerprint density at radius 1 is 0.351 bits per heavy atom. The average molecular weight is 730 g/mol. The molecule has 0 aliphatic rings. The summed E-state index contributed by atoms with van der Waals surface area (Å²) in [4.78, 5) is 15.6. The number of nitrogens with zero attached hydrogens (tertiary/aromatic N) is 5. The Hall–Kier alpha value is -7.83. The largest absolute Gasteiger partial charge is 0.456 e. The SMILES string of the molecule is c1ccc(-c2ccc3c4ccccc4n(-c4ccc5oc6cccc(-c7nc(-c8ccccc8)nc(-n8c9ccccc9c9ccccc98)n7)c6c5c4)c3c2)cc1. The fourth-order valence-corrected chi connectivity index (χ4v) is 8.64. The number of benzene rings is 8. The molecule has 8 aromatic carbocycles. The van der Waals surface area contributed by atoms with Crippen LogP contribution >= 0.6 is 0 Å². The van der Waals surface area contributed by atoms with Crippen LogP contribution in [0.4, 0.5) is 0 Å². The molecule has 0 saturated carbocycles. The van der Waals surface area contributed by atoms with Gasteiger partial charge in [0.1, 0.15) is 11.2 Å². The highest BCUT2D eigenvalue weighted by atomic mass is 16.3. The van der Waals surface area contributed by atoms with Crippen LogP contribution in [0.2, 0.25) is 0 Å². The smallest absolute Gasteiger partial charge is 0.238 e. The molecule has 4 heterocycles. The maximum Gasteiger partial charge on any atom is 0.238 e. The molecular weight excluding hydrogens is 699 g/mol. The number of aromatic nitrogens is 5. The van der Waals surface area contributed by atoms with Crippen molar-refractivity contribution in [2.45, 2.75) is 0 Å². The molecule has 12 aromatic rings. The zero-order valence-corrected chi connectivity index (χ0v) is 30.5. The third-order valence-corrected chi connectivity index (χ3v) is 11.2. The maximum absolute atomic E-state index is 6.59. The second-order valence-corrected chi connectivity index (χ2v) is 14.4. The molecule has 0 amide bonds. The van der Waals surface area contributed by atoms with Crippen molar-refractivity contribution >= 4 is 65.6 Å². The summed E-state index contributed by atoms with van der Waals surface area (Å²) in [6, 6.07) is 65.6. The molecule has 6 nitrogen and oxygen atoms in total. The van der Waals surface area contributed by atoms with E-state index in [1.54, 1.807) is 0 Å². The highest BCUT2D eigenvalue weighted by Crippen LogP contribution is 2.40. The second kappa shape index (κ2) is 12.3. The summed E-state index contributed by atoms with van der Waals surface area (Å²) in [5, 5.41) is 6.66. The van der Waals surface area contributed by atoms with Crippen LogP contribution in [0.1, 0.15) is 0 Å². The van der Waals surface area contributed by atoms with Crippen molar-refractivity contribution in [3.05, 3.63) is 188 Å². The van der Waals surface area contributed by atoms with Crippen molar-refractivity contribution in [2.75, 3.05) is 0 Å². The second-order valence-electron chi connectivity index (χ2n) is 14.4. The molecule has 266 valence electrons. The van der Waals surface area contributed by atoms with Crippen molar-refractivity contribution in [1.82, 2.24) is 24.1 Å². The van der Waals surface area contributed by atoms with E-state index >= 15 is 0 Å². The quantitative estimate of drug-likeness (QED) is 0.177. The summed E-state index contributed by atoms with van der Waals surface area (Å²) in [5.74, 6) is 1.73. The Balaban J connectivity index is 1.11. The van der Waals surface area contributed by atoms with Gasteiger partial charge in [-0.1, -0.05) is 140 Å². The van der Waals surface area contributed by atoms with Crippen molar-refractivity contribution in [3.63, 3.8) is 0 Å². The maximum atomic E-state index is 6.59. The summed E-state index contributed by atoms with van der Waals surface area (Å²) >= 11 is 0. The molecular formula is C51H31N5O. The number of furan rings is 1. The predicted molar refractivity (Wildman–Crippen MR) is 232 cm³/mol. The van der Waals surface area contributed by atoms with Crippen LogP contribution in [0.25, 0.3) is 111 Å². The number of hydrogen-bond donors (Lipinski definition) is 0. The molecule has 0 unspecified atom stereocenters. The lowest BCUT2D eigenvalue weighted by atomic mass is 10.0. The number of rotatable bonds is 5. The minimum Gasteiger partial charge on any atom is -0.456 e. The molecule has 0 spiro atoms. The fraction of sp³-hybridized carbons (Fsp3) is 0. The highest BCUT2D eigenvalue weighted by molar-refractivity contribution is 6.14. The summed E-state index contributed by atoms with van der Waals surface area (Å²) in [6.45, 7) is 0. The minimum absolute atomic E-state index is 0.557. The molecule has 0 radical (unpaired) electrons. The molecule has 0 fully saturated rings. The van der Waals surface area contributed by atoms with Crippen molar-refractivity contribution in [1.29, 1.82) is 0 Å². The van der Waals surface area contributed by atoms with Crippen LogP contribution in [-0.2, 0) is 0 Å². The van der Waals surface area contributed by atoms with Gasteiger partial charge in [-0.05, 0) is 59.7 Å². The summed E-state index contributed by atoms with van der Waals surface area (Å²) < 4.78 is 11.1.